The van der Waals surface area contributed by atoms with E-state index < -0.39 is 40.9 Å². The first kappa shape index (κ1) is 24.1. The highest BCUT2D eigenvalue weighted by Crippen LogP contribution is 2.47. The molecule has 3 amide bonds. The highest BCUT2D eigenvalue weighted by molar-refractivity contribution is 6.07. The molecule has 1 aromatic heterocycles. The average Bonchev–Trinajstić information content (AvgIpc) is 3.37. The molecule has 10 heteroatoms. The molecule has 2 fully saturated rings. The Morgan fingerprint density at radius 2 is 2.00 bits per heavy atom. The number of carbonyl (C=O) groups is 3. The van der Waals surface area contributed by atoms with Gasteiger partial charge in [-0.2, -0.15) is 5.26 Å². The van der Waals surface area contributed by atoms with Crippen LogP contribution in [0.2, 0.25) is 0 Å². The summed E-state index contributed by atoms with van der Waals surface area (Å²) in [5.74, 6) is -2.49. The van der Waals surface area contributed by atoms with Crippen molar-refractivity contribution in [2.75, 3.05) is 18.9 Å². The van der Waals surface area contributed by atoms with E-state index in [2.05, 4.69) is 16.4 Å². The maximum atomic E-state index is 14.3. The van der Waals surface area contributed by atoms with E-state index >= 15 is 0 Å². The molecule has 8 nitrogen and oxygen atoms in total. The molecule has 3 atom stereocenters. The number of anilines is 1. The highest BCUT2D eigenvalue weighted by Gasteiger charge is 2.57. The molecule has 2 N–H and O–H groups in total. The number of nitrogens with one attached hydrogen (secondary N) is 2. The standard InChI is InChI=1S/C28H25F2N5O3/c1-34(25(36)23-11-18-20(30)9-16(29)10-22(18)32-23)24(8-15-6-7-15)26(37)35-14-28(12-17(35)13-31)19-4-2-3-5-21(19)33-27(28)38/h2-5,9-11,15,17,24,32H,6-8,12,14H2,1H3,(H,33,38)/t17?,24-,28-/m0/s1. The summed E-state index contributed by atoms with van der Waals surface area (Å²) in [6, 6.07) is 10.9. The lowest BCUT2D eigenvalue weighted by Gasteiger charge is -2.32. The molecule has 3 heterocycles. The molecule has 2 aromatic carbocycles. The first-order valence-corrected chi connectivity index (χ1v) is 12.6. The van der Waals surface area contributed by atoms with Crippen LogP contribution in [0.25, 0.3) is 10.9 Å². The summed E-state index contributed by atoms with van der Waals surface area (Å²) in [7, 11) is 1.50. The maximum absolute atomic E-state index is 14.3. The Bertz CT molecular complexity index is 1540. The van der Waals surface area contributed by atoms with Crippen LogP contribution in [0.3, 0.4) is 0 Å². The molecule has 194 valence electrons. The highest BCUT2D eigenvalue weighted by atomic mass is 19.1. The monoisotopic (exact) mass is 517 g/mol. The molecule has 1 unspecified atom stereocenters. The lowest BCUT2D eigenvalue weighted by molar-refractivity contribution is -0.136. The van der Waals surface area contributed by atoms with Crippen LogP contribution in [-0.4, -0.2) is 58.2 Å². The third-order valence-corrected chi connectivity index (χ3v) is 8.13. The quantitative estimate of drug-likeness (QED) is 0.538. The summed E-state index contributed by atoms with van der Waals surface area (Å²) >= 11 is 0. The Hall–Kier alpha value is -4.26. The second-order valence-electron chi connectivity index (χ2n) is 10.5. The molecule has 2 aliphatic heterocycles. The van der Waals surface area contributed by atoms with E-state index in [1.54, 1.807) is 6.07 Å². The van der Waals surface area contributed by atoms with Gasteiger partial charge in [0, 0.05) is 37.2 Å². The molecule has 3 aromatic rings. The number of likely N-dealkylation sites (N-methyl/N-ethyl adjacent to an activating group) is 1. The molecular weight excluding hydrogens is 492 g/mol. The molecule has 1 spiro atoms. The van der Waals surface area contributed by atoms with Gasteiger partial charge >= 0.3 is 0 Å². The summed E-state index contributed by atoms with van der Waals surface area (Å²) in [6.07, 6.45) is 2.45. The number of hydrogen-bond acceptors (Lipinski definition) is 4. The smallest absolute Gasteiger partial charge is 0.270 e. The Morgan fingerprint density at radius 1 is 1.24 bits per heavy atom. The summed E-state index contributed by atoms with van der Waals surface area (Å²) in [5.41, 5.74) is 0.572. The molecule has 0 radical (unpaired) electrons. The van der Waals surface area contributed by atoms with Gasteiger partial charge in [0.25, 0.3) is 5.91 Å². The lowest BCUT2D eigenvalue weighted by atomic mass is 9.80. The van der Waals surface area contributed by atoms with Gasteiger partial charge < -0.3 is 20.1 Å². The zero-order chi connectivity index (χ0) is 26.8. The number of hydrogen-bond donors (Lipinski definition) is 2. The molecule has 3 aliphatic rings. The fraction of sp³-hybridized carbons (Fsp3) is 0.357. The van der Waals surface area contributed by atoms with Gasteiger partial charge in [0.05, 0.1) is 17.0 Å². The van der Waals surface area contributed by atoms with Crippen molar-refractivity contribution in [3.8, 4) is 6.07 Å². The number of halogens is 2. The predicted molar refractivity (Wildman–Crippen MR) is 134 cm³/mol. The second kappa shape index (κ2) is 8.65. The first-order valence-electron chi connectivity index (χ1n) is 12.6. The number of benzene rings is 2. The SMILES string of the molecule is CN(C(=O)c1cc2c(F)cc(F)cc2[nH]1)[C@@H](CC1CC1)C(=O)N1C[C@]2(CC1C#N)C(=O)Nc1ccccc12. The zero-order valence-corrected chi connectivity index (χ0v) is 20.6. The van der Waals surface area contributed by atoms with Crippen LogP contribution >= 0.6 is 0 Å². The number of nitriles is 1. The Labute approximate surface area is 217 Å². The molecule has 1 saturated heterocycles. The van der Waals surface area contributed by atoms with Crippen molar-refractivity contribution in [3.63, 3.8) is 0 Å². The van der Waals surface area contributed by atoms with Crippen molar-refractivity contribution in [1.82, 2.24) is 14.8 Å². The molecule has 38 heavy (non-hydrogen) atoms. The predicted octanol–water partition coefficient (Wildman–Crippen LogP) is 3.70. The Balaban J connectivity index is 1.31. The van der Waals surface area contributed by atoms with E-state index in [0.29, 0.717) is 12.1 Å². The van der Waals surface area contributed by atoms with Crippen molar-refractivity contribution in [3.05, 3.63) is 65.4 Å². The fourth-order valence-corrected chi connectivity index (χ4v) is 5.88. The molecule has 1 aliphatic carbocycles. The summed E-state index contributed by atoms with van der Waals surface area (Å²) in [4.78, 5) is 46.1. The minimum atomic E-state index is -1.03. The third kappa shape index (κ3) is 3.72. The topological polar surface area (TPSA) is 109 Å². The number of likely N-dealkylation sites (tertiary alicyclic amines) is 1. The summed E-state index contributed by atoms with van der Waals surface area (Å²) in [6.45, 7) is 0.0347. The second-order valence-corrected chi connectivity index (χ2v) is 10.5. The number of nitrogens with zero attached hydrogens (tertiary/aromatic N) is 3. The maximum Gasteiger partial charge on any atom is 0.270 e. The minimum absolute atomic E-state index is 0.0272. The average molecular weight is 518 g/mol. The molecule has 1 saturated carbocycles. The van der Waals surface area contributed by atoms with Gasteiger partial charge in [0.1, 0.15) is 29.4 Å². The lowest BCUT2D eigenvalue weighted by Crippen LogP contribution is -2.51. The Morgan fingerprint density at radius 3 is 2.74 bits per heavy atom. The minimum Gasteiger partial charge on any atom is -0.350 e. The van der Waals surface area contributed by atoms with E-state index in [1.165, 1.54) is 22.9 Å². The van der Waals surface area contributed by atoms with Crippen LogP contribution in [0.1, 0.15) is 41.7 Å². The number of aromatic amines is 1. The molecular formula is C28H25F2N5O3. The molecule has 0 bridgehead atoms. The largest absolute Gasteiger partial charge is 0.350 e. The number of amides is 3. The van der Waals surface area contributed by atoms with Crippen molar-refractivity contribution in [1.29, 1.82) is 5.26 Å². The third-order valence-electron chi connectivity index (χ3n) is 8.13. The summed E-state index contributed by atoms with van der Waals surface area (Å²) < 4.78 is 27.9. The van der Waals surface area contributed by atoms with Gasteiger partial charge in [-0.3, -0.25) is 14.4 Å². The van der Waals surface area contributed by atoms with Crippen molar-refractivity contribution >= 4 is 34.3 Å². The van der Waals surface area contributed by atoms with Crippen molar-refractivity contribution in [2.45, 2.75) is 43.2 Å². The van der Waals surface area contributed by atoms with Crippen LogP contribution in [0, 0.1) is 28.9 Å². The van der Waals surface area contributed by atoms with Gasteiger partial charge in [-0.15, -0.1) is 0 Å². The summed E-state index contributed by atoms with van der Waals surface area (Å²) in [5, 5.41) is 12.9. The van der Waals surface area contributed by atoms with Crippen LogP contribution in [-0.2, 0) is 15.0 Å². The number of H-pyrrole nitrogens is 1. The van der Waals surface area contributed by atoms with E-state index in [4.69, 9.17) is 0 Å². The van der Waals surface area contributed by atoms with Crippen molar-refractivity contribution < 1.29 is 23.2 Å². The van der Waals surface area contributed by atoms with Gasteiger partial charge in [0.15, 0.2) is 0 Å². The van der Waals surface area contributed by atoms with Crippen LogP contribution in [0.5, 0.6) is 0 Å². The first-order chi connectivity index (χ1) is 18.2. The number of aromatic nitrogens is 1. The van der Waals surface area contributed by atoms with Crippen molar-refractivity contribution in [2.24, 2.45) is 5.92 Å². The number of carbonyl (C=O) groups excluding carboxylic acids is 3. The van der Waals surface area contributed by atoms with E-state index in [1.807, 2.05) is 18.2 Å². The number of fused-ring (bicyclic) bond motifs is 3. The fourth-order valence-electron chi connectivity index (χ4n) is 5.88. The number of rotatable bonds is 5. The van der Waals surface area contributed by atoms with Crippen LogP contribution in [0.15, 0.2) is 42.5 Å². The number of para-hydroxylation sites is 1. The van der Waals surface area contributed by atoms with Gasteiger partial charge in [-0.05, 0) is 36.1 Å². The van der Waals surface area contributed by atoms with Crippen LogP contribution in [0.4, 0.5) is 14.5 Å². The normalized spacial score (nSPS) is 22.8. The van der Waals surface area contributed by atoms with Gasteiger partial charge in [-0.1, -0.05) is 31.0 Å². The van der Waals surface area contributed by atoms with Gasteiger partial charge in [0.2, 0.25) is 11.8 Å². The molecule has 6 rings (SSSR count). The Kier molecular flexibility index (Phi) is 5.49. The van der Waals surface area contributed by atoms with E-state index in [0.717, 1.165) is 30.5 Å². The van der Waals surface area contributed by atoms with E-state index in [9.17, 15) is 28.4 Å². The van der Waals surface area contributed by atoms with Gasteiger partial charge in [-0.25, -0.2) is 8.78 Å². The van der Waals surface area contributed by atoms with Crippen LogP contribution < -0.4 is 5.32 Å². The zero-order valence-electron chi connectivity index (χ0n) is 20.6. The van der Waals surface area contributed by atoms with E-state index in [-0.39, 0.29) is 41.4 Å².